The Labute approximate surface area is 119 Å². The molecule has 1 aromatic carbocycles. The normalized spacial score (nSPS) is 14.4. The zero-order valence-corrected chi connectivity index (χ0v) is 12.0. The van der Waals surface area contributed by atoms with Gasteiger partial charge in [-0.2, -0.15) is 0 Å². The van der Waals surface area contributed by atoms with E-state index in [-0.39, 0.29) is 12.6 Å². The first-order valence-corrected chi connectivity index (χ1v) is 6.98. The van der Waals surface area contributed by atoms with Crippen LogP contribution in [0, 0.1) is 5.92 Å². The van der Waals surface area contributed by atoms with Gasteiger partial charge in [0.15, 0.2) is 0 Å². The van der Waals surface area contributed by atoms with Crippen LogP contribution in [-0.2, 0) is 0 Å². The van der Waals surface area contributed by atoms with Gasteiger partial charge in [-0.3, -0.25) is 4.98 Å². The monoisotopic (exact) mass is 274 g/mol. The smallest absolute Gasteiger partial charge is 0.137 e. The van der Waals surface area contributed by atoms with Crippen LogP contribution >= 0.6 is 0 Å². The Bertz CT molecular complexity index is 557. The lowest BCUT2D eigenvalue weighted by molar-refractivity contribution is 0.0883. The van der Waals surface area contributed by atoms with Gasteiger partial charge in [0.1, 0.15) is 11.9 Å². The molecule has 108 valence electrons. The maximum atomic E-state index is 9.46. The fourth-order valence-electron chi connectivity index (χ4n) is 2.25. The second-order valence-electron chi connectivity index (χ2n) is 5.49. The summed E-state index contributed by atoms with van der Waals surface area (Å²) < 4.78 is 5.82. The fourth-order valence-corrected chi connectivity index (χ4v) is 2.25. The first kappa shape index (κ1) is 14.8. The molecule has 0 aliphatic carbocycles. The molecule has 2 unspecified atom stereocenters. The predicted molar refractivity (Wildman–Crippen MR) is 80.7 cm³/mol. The molecular formula is C16H22N2O2. The first-order chi connectivity index (χ1) is 9.60. The highest BCUT2D eigenvalue weighted by molar-refractivity contribution is 5.79. The second-order valence-corrected chi connectivity index (χ2v) is 5.49. The molecule has 0 saturated heterocycles. The predicted octanol–water partition coefficient (Wildman–Crippen LogP) is 2.35. The Morgan fingerprint density at radius 3 is 2.80 bits per heavy atom. The Morgan fingerprint density at radius 1 is 1.30 bits per heavy atom. The van der Waals surface area contributed by atoms with Gasteiger partial charge in [-0.1, -0.05) is 19.9 Å². The Morgan fingerprint density at radius 2 is 2.10 bits per heavy atom. The highest BCUT2D eigenvalue weighted by atomic mass is 16.5. The van der Waals surface area contributed by atoms with E-state index >= 15 is 0 Å². The van der Waals surface area contributed by atoms with Crippen molar-refractivity contribution < 1.29 is 9.84 Å². The van der Waals surface area contributed by atoms with Crippen molar-refractivity contribution in [3.63, 3.8) is 0 Å². The summed E-state index contributed by atoms with van der Waals surface area (Å²) in [4.78, 5) is 4.29. The molecule has 3 N–H and O–H groups in total. The SMILES string of the molecule is CC(C)CC(N)C(CO)Oc1ccc2cccnc2c1. The van der Waals surface area contributed by atoms with Crippen molar-refractivity contribution in [2.24, 2.45) is 11.7 Å². The number of pyridine rings is 1. The molecule has 20 heavy (non-hydrogen) atoms. The standard InChI is InChI=1S/C16H22N2O2/c1-11(2)8-14(17)16(10-19)20-13-6-5-12-4-3-7-18-15(12)9-13/h3-7,9,11,14,16,19H,8,10,17H2,1-2H3. The molecule has 0 aliphatic heterocycles. The molecule has 0 bridgehead atoms. The molecule has 1 heterocycles. The summed E-state index contributed by atoms with van der Waals surface area (Å²) in [5.41, 5.74) is 6.96. The number of aliphatic hydroxyl groups is 1. The molecule has 2 rings (SSSR count). The summed E-state index contributed by atoms with van der Waals surface area (Å²) in [6.45, 7) is 4.12. The highest BCUT2D eigenvalue weighted by Crippen LogP contribution is 2.21. The van der Waals surface area contributed by atoms with Crippen molar-refractivity contribution >= 4 is 10.9 Å². The third-order valence-corrected chi connectivity index (χ3v) is 3.27. The van der Waals surface area contributed by atoms with Gasteiger partial charge in [-0.25, -0.2) is 0 Å². The number of hydrogen-bond donors (Lipinski definition) is 2. The third-order valence-electron chi connectivity index (χ3n) is 3.27. The summed E-state index contributed by atoms with van der Waals surface area (Å²) in [7, 11) is 0. The molecule has 2 aromatic rings. The summed E-state index contributed by atoms with van der Waals surface area (Å²) in [5, 5.41) is 10.5. The highest BCUT2D eigenvalue weighted by Gasteiger charge is 2.20. The largest absolute Gasteiger partial charge is 0.486 e. The number of fused-ring (bicyclic) bond motifs is 1. The van der Waals surface area contributed by atoms with E-state index in [9.17, 15) is 5.11 Å². The number of rotatable bonds is 6. The van der Waals surface area contributed by atoms with Crippen LogP contribution in [0.15, 0.2) is 36.5 Å². The van der Waals surface area contributed by atoms with E-state index < -0.39 is 6.10 Å². The minimum absolute atomic E-state index is 0.0891. The minimum atomic E-state index is -0.390. The molecular weight excluding hydrogens is 252 g/mol. The minimum Gasteiger partial charge on any atom is -0.486 e. The number of benzene rings is 1. The summed E-state index contributed by atoms with van der Waals surface area (Å²) in [6.07, 6.45) is 2.18. The number of hydrogen-bond acceptors (Lipinski definition) is 4. The number of aliphatic hydroxyl groups excluding tert-OH is 1. The van der Waals surface area contributed by atoms with Crippen molar-refractivity contribution in [1.29, 1.82) is 0 Å². The van der Waals surface area contributed by atoms with E-state index in [0.29, 0.717) is 11.7 Å². The van der Waals surface area contributed by atoms with Gasteiger partial charge in [-0.15, -0.1) is 0 Å². The van der Waals surface area contributed by atoms with Gasteiger partial charge in [-0.05, 0) is 30.5 Å². The van der Waals surface area contributed by atoms with E-state index in [1.165, 1.54) is 0 Å². The molecule has 2 atom stereocenters. The zero-order valence-electron chi connectivity index (χ0n) is 12.0. The number of nitrogens with zero attached hydrogens (tertiary/aromatic N) is 1. The van der Waals surface area contributed by atoms with Crippen molar-refractivity contribution in [3.8, 4) is 5.75 Å². The van der Waals surface area contributed by atoms with Crippen LogP contribution in [0.1, 0.15) is 20.3 Å². The Kier molecular flexibility index (Phi) is 4.93. The van der Waals surface area contributed by atoms with Crippen LogP contribution in [0.2, 0.25) is 0 Å². The first-order valence-electron chi connectivity index (χ1n) is 6.98. The van der Waals surface area contributed by atoms with E-state index in [1.807, 2.05) is 30.3 Å². The number of nitrogens with two attached hydrogens (primary N) is 1. The average molecular weight is 274 g/mol. The van der Waals surface area contributed by atoms with Crippen molar-refractivity contribution in [2.75, 3.05) is 6.61 Å². The Balaban J connectivity index is 2.12. The van der Waals surface area contributed by atoms with Gasteiger partial charge in [0.05, 0.1) is 12.1 Å². The topological polar surface area (TPSA) is 68.4 Å². The van der Waals surface area contributed by atoms with E-state index in [0.717, 1.165) is 17.3 Å². The molecule has 4 nitrogen and oxygen atoms in total. The Hall–Kier alpha value is -1.65. The summed E-state index contributed by atoms with van der Waals surface area (Å²) in [6, 6.07) is 9.44. The van der Waals surface area contributed by atoms with Gasteiger partial charge in [0, 0.05) is 23.7 Å². The summed E-state index contributed by atoms with van der Waals surface area (Å²) >= 11 is 0. The number of ether oxygens (including phenoxy) is 1. The molecule has 0 radical (unpaired) electrons. The fraction of sp³-hybridized carbons (Fsp3) is 0.438. The van der Waals surface area contributed by atoms with E-state index in [4.69, 9.17) is 10.5 Å². The van der Waals surface area contributed by atoms with Gasteiger partial charge >= 0.3 is 0 Å². The van der Waals surface area contributed by atoms with E-state index in [2.05, 4.69) is 18.8 Å². The molecule has 0 amide bonds. The van der Waals surface area contributed by atoms with Crippen LogP contribution in [0.3, 0.4) is 0 Å². The zero-order chi connectivity index (χ0) is 14.5. The van der Waals surface area contributed by atoms with Crippen molar-refractivity contribution in [3.05, 3.63) is 36.5 Å². The second kappa shape index (κ2) is 6.68. The van der Waals surface area contributed by atoms with Crippen LogP contribution in [0.5, 0.6) is 5.75 Å². The van der Waals surface area contributed by atoms with Gasteiger partial charge < -0.3 is 15.6 Å². The quantitative estimate of drug-likeness (QED) is 0.848. The van der Waals surface area contributed by atoms with Crippen LogP contribution in [0.4, 0.5) is 0 Å². The molecule has 0 spiro atoms. The molecule has 0 saturated carbocycles. The van der Waals surface area contributed by atoms with Gasteiger partial charge in [0.25, 0.3) is 0 Å². The molecule has 0 aliphatic rings. The van der Waals surface area contributed by atoms with Gasteiger partial charge in [0.2, 0.25) is 0 Å². The lowest BCUT2D eigenvalue weighted by atomic mass is 10.0. The summed E-state index contributed by atoms with van der Waals surface area (Å²) in [5.74, 6) is 1.16. The van der Waals surface area contributed by atoms with Crippen LogP contribution in [0.25, 0.3) is 10.9 Å². The van der Waals surface area contributed by atoms with Crippen molar-refractivity contribution in [1.82, 2.24) is 4.98 Å². The molecule has 0 fully saturated rings. The molecule has 4 heteroatoms. The molecule has 1 aromatic heterocycles. The average Bonchev–Trinajstić information content (AvgIpc) is 2.43. The number of aromatic nitrogens is 1. The van der Waals surface area contributed by atoms with E-state index in [1.54, 1.807) is 6.20 Å². The lowest BCUT2D eigenvalue weighted by Gasteiger charge is -2.24. The third kappa shape index (κ3) is 3.68. The maximum Gasteiger partial charge on any atom is 0.137 e. The lowest BCUT2D eigenvalue weighted by Crippen LogP contribution is -2.42. The van der Waals surface area contributed by atoms with Crippen molar-refractivity contribution in [2.45, 2.75) is 32.4 Å². The maximum absolute atomic E-state index is 9.46. The van der Waals surface area contributed by atoms with Crippen LogP contribution in [-0.4, -0.2) is 28.8 Å². The van der Waals surface area contributed by atoms with Crippen LogP contribution < -0.4 is 10.5 Å².